The number of carbonyl (C=O) groups excluding carboxylic acids is 1. The minimum atomic E-state index is -0.105. The molecular formula is C12H17N3O2S. The highest BCUT2D eigenvalue weighted by molar-refractivity contribution is 7.13. The number of oxime groups is 1. The summed E-state index contributed by atoms with van der Waals surface area (Å²) in [5.74, 6) is -0.105. The fourth-order valence-electron chi connectivity index (χ4n) is 1.59. The van der Waals surface area contributed by atoms with Crippen LogP contribution in [0.25, 0.3) is 0 Å². The zero-order chi connectivity index (χ0) is 13.1. The Morgan fingerprint density at radius 3 is 2.83 bits per heavy atom. The Bertz CT molecular complexity index is 478. The van der Waals surface area contributed by atoms with Crippen LogP contribution in [0.5, 0.6) is 0 Å². The molecule has 0 unspecified atom stereocenters. The van der Waals surface area contributed by atoms with E-state index in [-0.39, 0.29) is 12.5 Å². The molecule has 1 heterocycles. The number of aryl methyl sites for hydroxylation is 2. The van der Waals surface area contributed by atoms with Crippen LogP contribution in [0.3, 0.4) is 0 Å². The molecule has 1 amide bonds. The quantitative estimate of drug-likeness (QED) is 0.653. The van der Waals surface area contributed by atoms with E-state index >= 15 is 0 Å². The largest absolute Gasteiger partial charge is 0.385 e. The molecule has 6 heteroatoms. The molecule has 1 saturated carbocycles. The molecule has 18 heavy (non-hydrogen) atoms. The SMILES string of the molecule is C/C(=N\OCC(=O)NC1CC1)c1sc(C)nc1C. The number of nitrogens with zero attached hydrogens (tertiary/aromatic N) is 2. The summed E-state index contributed by atoms with van der Waals surface area (Å²) < 4.78 is 0. The summed E-state index contributed by atoms with van der Waals surface area (Å²) >= 11 is 1.58. The molecule has 98 valence electrons. The molecule has 1 aromatic rings. The summed E-state index contributed by atoms with van der Waals surface area (Å²) in [5, 5.41) is 7.81. The van der Waals surface area contributed by atoms with E-state index in [1.807, 2.05) is 20.8 Å². The topological polar surface area (TPSA) is 63.6 Å². The molecule has 0 bridgehead atoms. The number of carbonyl (C=O) groups is 1. The van der Waals surface area contributed by atoms with E-state index in [0.29, 0.717) is 6.04 Å². The number of thiazole rings is 1. The maximum absolute atomic E-state index is 11.4. The molecule has 1 aliphatic rings. The fraction of sp³-hybridized carbons (Fsp3) is 0.583. The number of rotatable bonds is 5. The van der Waals surface area contributed by atoms with Crippen molar-refractivity contribution in [1.82, 2.24) is 10.3 Å². The second-order valence-electron chi connectivity index (χ2n) is 4.44. The highest BCUT2D eigenvalue weighted by Crippen LogP contribution is 2.19. The molecule has 1 aromatic heterocycles. The summed E-state index contributed by atoms with van der Waals surface area (Å²) in [4.78, 5) is 21.8. The molecule has 0 radical (unpaired) electrons. The van der Waals surface area contributed by atoms with E-state index < -0.39 is 0 Å². The molecule has 1 fully saturated rings. The maximum atomic E-state index is 11.4. The second-order valence-corrected chi connectivity index (χ2v) is 5.64. The van der Waals surface area contributed by atoms with Crippen LogP contribution in [-0.4, -0.2) is 29.3 Å². The highest BCUT2D eigenvalue weighted by Gasteiger charge is 2.23. The Hall–Kier alpha value is -1.43. The normalized spacial score (nSPS) is 15.6. The average molecular weight is 267 g/mol. The predicted molar refractivity (Wildman–Crippen MR) is 70.9 cm³/mol. The van der Waals surface area contributed by atoms with Crippen molar-refractivity contribution >= 4 is 23.0 Å². The number of aromatic nitrogens is 1. The van der Waals surface area contributed by atoms with Gasteiger partial charge in [-0.3, -0.25) is 4.79 Å². The van der Waals surface area contributed by atoms with E-state index in [2.05, 4.69) is 15.5 Å². The van der Waals surface area contributed by atoms with Gasteiger partial charge in [0.1, 0.15) is 0 Å². The Balaban J connectivity index is 1.84. The van der Waals surface area contributed by atoms with Crippen molar-refractivity contribution in [2.75, 3.05) is 6.61 Å². The number of nitrogens with one attached hydrogen (secondary N) is 1. The lowest BCUT2D eigenvalue weighted by Crippen LogP contribution is -2.28. The molecule has 0 aliphatic heterocycles. The van der Waals surface area contributed by atoms with Crippen LogP contribution in [0.4, 0.5) is 0 Å². The molecule has 5 nitrogen and oxygen atoms in total. The molecule has 0 atom stereocenters. The van der Waals surface area contributed by atoms with Gasteiger partial charge in [0.25, 0.3) is 5.91 Å². The number of hydrogen-bond acceptors (Lipinski definition) is 5. The molecule has 1 N–H and O–H groups in total. The van der Waals surface area contributed by atoms with Gasteiger partial charge < -0.3 is 10.2 Å². The molecular weight excluding hydrogens is 250 g/mol. The van der Waals surface area contributed by atoms with Crippen LogP contribution in [-0.2, 0) is 9.63 Å². The predicted octanol–water partition coefficient (Wildman–Crippen LogP) is 1.78. The summed E-state index contributed by atoms with van der Waals surface area (Å²) in [6.07, 6.45) is 2.15. The van der Waals surface area contributed by atoms with Crippen molar-refractivity contribution in [2.24, 2.45) is 5.16 Å². The van der Waals surface area contributed by atoms with E-state index in [1.165, 1.54) is 0 Å². The first-order valence-corrected chi connectivity index (χ1v) is 6.78. The van der Waals surface area contributed by atoms with E-state index in [1.54, 1.807) is 11.3 Å². The minimum Gasteiger partial charge on any atom is -0.385 e. The Labute approximate surface area is 110 Å². The van der Waals surface area contributed by atoms with Crippen LogP contribution in [0.2, 0.25) is 0 Å². The van der Waals surface area contributed by atoms with Gasteiger partial charge >= 0.3 is 0 Å². The van der Waals surface area contributed by atoms with Crippen LogP contribution in [0.1, 0.15) is 35.3 Å². The van der Waals surface area contributed by atoms with E-state index in [9.17, 15) is 4.79 Å². The maximum Gasteiger partial charge on any atom is 0.260 e. The Morgan fingerprint density at radius 1 is 1.56 bits per heavy atom. The summed E-state index contributed by atoms with van der Waals surface area (Å²) in [7, 11) is 0. The van der Waals surface area contributed by atoms with E-state index in [4.69, 9.17) is 4.84 Å². The summed E-state index contributed by atoms with van der Waals surface area (Å²) in [6, 6.07) is 0.359. The first kappa shape index (κ1) is 13.0. The first-order chi connectivity index (χ1) is 8.56. The Morgan fingerprint density at radius 2 is 2.28 bits per heavy atom. The summed E-state index contributed by atoms with van der Waals surface area (Å²) in [6.45, 7) is 5.74. The van der Waals surface area contributed by atoms with Gasteiger partial charge in [0, 0.05) is 6.04 Å². The average Bonchev–Trinajstić information content (AvgIpc) is 3.02. The monoisotopic (exact) mass is 267 g/mol. The van der Waals surface area contributed by atoms with Gasteiger partial charge in [-0.2, -0.15) is 0 Å². The molecule has 0 aromatic carbocycles. The van der Waals surface area contributed by atoms with Crippen LogP contribution < -0.4 is 5.32 Å². The van der Waals surface area contributed by atoms with Crippen molar-refractivity contribution < 1.29 is 9.63 Å². The standard InChI is InChI=1S/C12H17N3O2S/c1-7-12(18-9(3)13-7)8(2)15-17-6-11(16)14-10-4-5-10/h10H,4-6H2,1-3H3,(H,14,16)/b15-8+. The lowest BCUT2D eigenvalue weighted by Gasteiger charge is -2.02. The lowest BCUT2D eigenvalue weighted by atomic mass is 10.3. The zero-order valence-corrected chi connectivity index (χ0v) is 11.6. The van der Waals surface area contributed by atoms with Crippen LogP contribution >= 0.6 is 11.3 Å². The molecule has 2 rings (SSSR count). The third kappa shape index (κ3) is 3.53. The van der Waals surface area contributed by atoms with Crippen molar-refractivity contribution in [1.29, 1.82) is 0 Å². The molecule has 0 spiro atoms. The highest BCUT2D eigenvalue weighted by atomic mass is 32.1. The number of amides is 1. The van der Waals surface area contributed by atoms with Gasteiger partial charge in [0.2, 0.25) is 0 Å². The summed E-state index contributed by atoms with van der Waals surface area (Å²) in [5.41, 5.74) is 1.71. The van der Waals surface area contributed by atoms with Crippen molar-refractivity contribution in [3.63, 3.8) is 0 Å². The van der Waals surface area contributed by atoms with Gasteiger partial charge in [-0.1, -0.05) is 5.16 Å². The third-order valence-electron chi connectivity index (χ3n) is 2.57. The van der Waals surface area contributed by atoms with E-state index in [0.717, 1.165) is 34.1 Å². The first-order valence-electron chi connectivity index (χ1n) is 5.96. The fourth-order valence-corrected chi connectivity index (χ4v) is 2.45. The van der Waals surface area contributed by atoms with Crippen molar-refractivity contribution in [3.05, 3.63) is 15.6 Å². The lowest BCUT2D eigenvalue weighted by molar-refractivity contribution is -0.125. The minimum absolute atomic E-state index is 0.0231. The molecule has 1 aliphatic carbocycles. The van der Waals surface area contributed by atoms with Gasteiger partial charge in [0.15, 0.2) is 6.61 Å². The Kier molecular flexibility index (Phi) is 3.96. The second kappa shape index (κ2) is 5.48. The van der Waals surface area contributed by atoms with Gasteiger partial charge in [-0.25, -0.2) is 4.98 Å². The van der Waals surface area contributed by atoms with Gasteiger partial charge in [-0.05, 0) is 33.6 Å². The van der Waals surface area contributed by atoms with Crippen LogP contribution in [0.15, 0.2) is 5.16 Å². The van der Waals surface area contributed by atoms with Crippen LogP contribution in [0, 0.1) is 13.8 Å². The molecule has 0 saturated heterocycles. The van der Waals surface area contributed by atoms with Gasteiger partial charge in [0.05, 0.1) is 21.3 Å². The van der Waals surface area contributed by atoms with Gasteiger partial charge in [-0.15, -0.1) is 11.3 Å². The number of hydrogen-bond donors (Lipinski definition) is 1. The van der Waals surface area contributed by atoms with Crippen molar-refractivity contribution in [2.45, 2.75) is 39.7 Å². The van der Waals surface area contributed by atoms with Crippen molar-refractivity contribution in [3.8, 4) is 0 Å². The smallest absolute Gasteiger partial charge is 0.260 e. The zero-order valence-electron chi connectivity index (χ0n) is 10.8. The third-order valence-corrected chi connectivity index (χ3v) is 3.75.